The van der Waals surface area contributed by atoms with Crippen molar-refractivity contribution >= 4 is 27.5 Å². The van der Waals surface area contributed by atoms with E-state index in [-0.39, 0.29) is 11.6 Å². The normalized spacial score (nSPS) is 13.4. The molecule has 1 aliphatic carbocycles. The lowest BCUT2D eigenvalue weighted by molar-refractivity contribution is 0.0972. The van der Waals surface area contributed by atoms with Gasteiger partial charge in [0, 0.05) is 16.0 Å². The molecule has 0 bridgehead atoms. The van der Waals surface area contributed by atoms with E-state index in [4.69, 9.17) is 9.47 Å². The maximum Gasteiger partial charge on any atom is 0.198 e. The Morgan fingerprint density at radius 1 is 0.727 bits per heavy atom. The third-order valence-corrected chi connectivity index (χ3v) is 6.51. The molecule has 1 atom stereocenters. The Bertz CT molecular complexity index is 951. The topological polar surface area (TPSA) is 52.6 Å². The zero-order chi connectivity index (χ0) is 23.6. The maximum absolute atomic E-state index is 13.3. The largest absolute Gasteiger partial charge is 0.493 e. The van der Waals surface area contributed by atoms with Crippen molar-refractivity contribution in [1.82, 2.24) is 0 Å². The number of halogens is 1. The van der Waals surface area contributed by atoms with E-state index >= 15 is 0 Å². The second-order valence-electron chi connectivity index (χ2n) is 8.70. The highest BCUT2D eigenvalue weighted by molar-refractivity contribution is 9.09. The quantitative estimate of drug-likeness (QED) is 0.164. The van der Waals surface area contributed by atoms with E-state index in [1.54, 1.807) is 36.4 Å². The average Bonchev–Trinajstić information content (AvgIpc) is 2.81. The molecule has 0 radical (unpaired) electrons. The summed E-state index contributed by atoms with van der Waals surface area (Å²) in [5, 5.41) is 0. The smallest absolute Gasteiger partial charge is 0.198 e. The fraction of sp³-hybridized carbons (Fsp3) is 0.500. The predicted molar refractivity (Wildman–Crippen MR) is 136 cm³/mol. The first-order valence-electron chi connectivity index (χ1n) is 12.3. The fourth-order valence-corrected chi connectivity index (χ4v) is 4.65. The highest BCUT2D eigenvalue weighted by Crippen LogP contribution is 2.38. The van der Waals surface area contributed by atoms with Crippen LogP contribution < -0.4 is 9.47 Å². The molecule has 0 heterocycles. The summed E-state index contributed by atoms with van der Waals surface area (Å²) in [7, 11) is 0. The molecule has 0 N–H and O–H groups in total. The SMILES string of the molecule is CCOc1ccc(OCCCCCCCCCCC(C)Br)c2c1C(=O)c1ccccc1C2=O. The van der Waals surface area contributed by atoms with Gasteiger partial charge in [-0.3, -0.25) is 9.59 Å². The van der Waals surface area contributed by atoms with Gasteiger partial charge in [0.15, 0.2) is 11.6 Å². The first-order valence-corrected chi connectivity index (χ1v) is 13.2. The second-order valence-corrected chi connectivity index (χ2v) is 10.3. The highest BCUT2D eigenvalue weighted by Gasteiger charge is 2.35. The standard InChI is InChI=1S/C28H35BrO4/c1-3-32-23-17-18-24(33-19-13-9-7-5-4-6-8-10-14-20(2)29)26-25(23)27(30)21-15-11-12-16-22(21)28(26)31/h11-12,15-18,20H,3-10,13-14,19H2,1-2H3. The molecular formula is C28H35BrO4. The third-order valence-electron chi connectivity index (χ3n) is 6.05. The van der Waals surface area contributed by atoms with Gasteiger partial charge in [-0.15, -0.1) is 0 Å². The molecule has 0 saturated carbocycles. The van der Waals surface area contributed by atoms with Crippen LogP contribution in [-0.4, -0.2) is 29.6 Å². The number of fused-ring (bicyclic) bond motifs is 2. The van der Waals surface area contributed by atoms with Gasteiger partial charge in [0.1, 0.15) is 11.5 Å². The van der Waals surface area contributed by atoms with Crippen LogP contribution >= 0.6 is 15.9 Å². The summed E-state index contributed by atoms with van der Waals surface area (Å²) < 4.78 is 11.7. The minimum atomic E-state index is -0.181. The number of unbranched alkanes of at least 4 members (excludes halogenated alkanes) is 7. The molecule has 0 saturated heterocycles. The summed E-state index contributed by atoms with van der Waals surface area (Å²) >= 11 is 3.60. The Balaban J connectivity index is 1.54. The molecule has 4 nitrogen and oxygen atoms in total. The summed E-state index contributed by atoms with van der Waals surface area (Å²) in [6, 6.07) is 10.5. The van der Waals surface area contributed by atoms with Crippen molar-refractivity contribution in [2.24, 2.45) is 0 Å². The molecule has 2 aromatic rings. The monoisotopic (exact) mass is 514 g/mol. The van der Waals surface area contributed by atoms with E-state index in [0.29, 0.717) is 51.8 Å². The first kappa shape index (κ1) is 25.5. The molecule has 0 fully saturated rings. The molecular weight excluding hydrogens is 480 g/mol. The minimum Gasteiger partial charge on any atom is -0.493 e. The van der Waals surface area contributed by atoms with Crippen LogP contribution in [-0.2, 0) is 0 Å². The Kier molecular flexibility index (Phi) is 9.98. The average molecular weight is 515 g/mol. The lowest BCUT2D eigenvalue weighted by Crippen LogP contribution is -2.23. The predicted octanol–water partition coefficient (Wildman–Crippen LogP) is 7.53. The maximum atomic E-state index is 13.3. The molecule has 0 aliphatic heterocycles. The van der Waals surface area contributed by atoms with Gasteiger partial charge < -0.3 is 9.47 Å². The van der Waals surface area contributed by atoms with Gasteiger partial charge in [0.05, 0.1) is 24.3 Å². The molecule has 5 heteroatoms. The van der Waals surface area contributed by atoms with Gasteiger partial charge in [-0.25, -0.2) is 0 Å². The number of carbonyl (C=O) groups is 2. The third kappa shape index (κ3) is 6.69. The van der Waals surface area contributed by atoms with Gasteiger partial charge in [0.25, 0.3) is 0 Å². The Labute approximate surface area is 206 Å². The molecule has 33 heavy (non-hydrogen) atoms. The Hall–Kier alpha value is -2.14. The van der Waals surface area contributed by atoms with E-state index < -0.39 is 0 Å². The van der Waals surface area contributed by atoms with Crippen molar-refractivity contribution in [2.75, 3.05) is 13.2 Å². The van der Waals surface area contributed by atoms with Gasteiger partial charge in [-0.05, 0) is 31.9 Å². The van der Waals surface area contributed by atoms with Crippen molar-refractivity contribution in [1.29, 1.82) is 0 Å². The van der Waals surface area contributed by atoms with Crippen LogP contribution in [0.25, 0.3) is 0 Å². The number of hydrogen-bond acceptors (Lipinski definition) is 4. The lowest BCUT2D eigenvalue weighted by atomic mass is 9.83. The molecule has 0 amide bonds. The van der Waals surface area contributed by atoms with Crippen LogP contribution in [0.5, 0.6) is 11.5 Å². The van der Waals surface area contributed by atoms with Crippen molar-refractivity contribution in [3.63, 3.8) is 0 Å². The van der Waals surface area contributed by atoms with Crippen molar-refractivity contribution < 1.29 is 19.1 Å². The van der Waals surface area contributed by atoms with E-state index in [1.807, 2.05) is 6.92 Å². The van der Waals surface area contributed by atoms with E-state index in [0.717, 1.165) is 12.8 Å². The van der Waals surface area contributed by atoms with Crippen molar-refractivity contribution in [3.05, 3.63) is 58.7 Å². The minimum absolute atomic E-state index is 0.175. The number of hydrogen-bond donors (Lipinski definition) is 0. The van der Waals surface area contributed by atoms with Crippen LogP contribution in [0, 0.1) is 0 Å². The van der Waals surface area contributed by atoms with Crippen LogP contribution in [0.2, 0.25) is 0 Å². The number of carbonyl (C=O) groups excluding carboxylic acids is 2. The van der Waals surface area contributed by atoms with Gasteiger partial charge in [0.2, 0.25) is 0 Å². The van der Waals surface area contributed by atoms with Crippen molar-refractivity contribution in [2.45, 2.75) is 76.5 Å². The Morgan fingerprint density at radius 3 is 1.73 bits per heavy atom. The van der Waals surface area contributed by atoms with E-state index in [1.165, 1.54) is 44.9 Å². The fourth-order valence-electron chi connectivity index (χ4n) is 4.33. The summed E-state index contributed by atoms with van der Waals surface area (Å²) in [5.74, 6) is 0.561. The number of ether oxygens (including phenoxy) is 2. The zero-order valence-corrected chi connectivity index (χ0v) is 21.4. The van der Waals surface area contributed by atoms with Crippen molar-refractivity contribution in [3.8, 4) is 11.5 Å². The number of alkyl halides is 1. The summed E-state index contributed by atoms with van der Waals surface area (Å²) in [4.78, 5) is 27.1. The van der Waals surface area contributed by atoms with Crippen LogP contribution in [0.3, 0.4) is 0 Å². The molecule has 2 aromatic carbocycles. The number of benzene rings is 2. The summed E-state index contributed by atoms with van der Waals surface area (Å²) in [6.07, 6.45) is 11.0. The second kappa shape index (κ2) is 12.9. The van der Waals surface area contributed by atoms with Crippen LogP contribution in [0.4, 0.5) is 0 Å². The molecule has 1 aliphatic rings. The van der Waals surface area contributed by atoms with Crippen LogP contribution in [0.1, 0.15) is 103 Å². The van der Waals surface area contributed by atoms with Crippen LogP contribution in [0.15, 0.2) is 36.4 Å². The molecule has 0 aromatic heterocycles. The molecule has 1 unspecified atom stereocenters. The Morgan fingerprint density at radius 2 is 1.21 bits per heavy atom. The first-order chi connectivity index (χ1) is 16.0. The molecule has 0 spiro atoms. The number of ketones is 2. The van der Waals surface area contributed by atoms with E-state index in [2.05, 4.69) is 22.9 Å². The van der Waals surface area contributed by atoms with Gasteiger partial charge >= 0.3 is 0 Å². The van der Waals surface area contributed by atoms with Gasteiger partial charge in [-0.1, -0.05) is 92.1 Å². The number of rotatable bonds is 14. The molecule has 3 rings (SSSR count). The summed E-state index contributed by atoms with van der Waals surface area (Å²) in [5.41, 5.74) is 1.52. The molecule has 178 valence electrons. The zero-order valence-electron chi connectivity index (χ0n) is 19.8. The summed E-state index contributed by atoms with van der Waals surface area (Å²) in [6.45, 7) is 5.03. The highest BCUT2D eigenvalue weighted by atomic mass is 79.9. The lowest BCUT2D eigenvalue weighted by Gasteiger charge is -2.22. The van der Waals surface area contributed by atoms with E-state index in [9.17, 15) is 9.59 Å². The van der Waals surface area contributed by atoms with Gasteiger partial charge in [-0.2, -0.15) is 0 Å².